The molecule has 0 saturated carbocycles. The number of rotatable bonds is 2. The summed E-state index contributed by atoms with van der Waals surface area (Å²) in [5.41, 5.74) is 4.73. The first kappa shape index (κ1) is 9.18. The van der Waals surface area contributed by atoms with Gasteiger partial charge < -0.3 is 10.8 Å². The second-order valence-electron chi connectivity index (χ2n) is 1.42. The van der Waals surface area contributed by atoms with Gasteiger partial charge in [0.2, 0.25) is 4.27 Å². The molecule has 0 aliphatic heterocycles. The van der Waals surface area contributed by atoms with Crippen LogP contribution in [0.2, 0.25) is 0 Å². The summed E-state index contributed by atoms with van der Waals surface area (Å²) in [6.07, 6.45) is 0. The Morgan fingerprint density at radius 3 is 2.00 bits per heavy atom. The smallest absolute Gasteiger partial charge is 0.306 e. The van der Waals surface area contributed by atoms with Crippen LogP contribution in [0.5, 0.6) is 0 Å². The lowest BCUT2D eigenvalue weighted by molar-refractivity contribution is 0.211. The van der Waals surface area contributed by atoms with E-state index in [0.29, 0.717) is 0 Å². The van der Waals surface area contributed by atoms with Gasteiger partial charge in [0.15, 0.2) is 0 Å². The zero-order valence-electron chi connectivity index (χ0n) is 4.35. The molecule has 1 atom stereocenters. The van der Waals surface area contributed by atoms with E-state index in [1.807, 2.05) is 0 Å². The van der Waals surface area contributed by atoms with Crippen LogP contribution in [0, 0.1) is 0 Å². The Morgan fingerprint density at radius 2 is 2.00 bits per heavy atom. The Balaban J connectivity index is 4.56. The summed E-state index contributed by atoms with van der Waals surface area (Å²) in [4.78, 5) is 0. The third kappa shape index (κ3) is 2.11. The SMILES string of the molecule is NCC(O)(S)S(=O)(=O)O. The van der Waals surface area contributed by atoms with Crippen molar-refractivity contribution in [2.75, 3.05) is 6.54 Å². The first-order chi connectivity index (χ1) is 3.81. The van der Waals surface area contributed by atoms with Gasteiger partial charge in [-0.25, -0.2) is 0 Å². The van der Waals surface area contributed by atoms with Crippen molar-refractivity contribution in [2.24, 2.45) is 5.73 Å². The molecule has 4 N–H and O–H groups in total. The minimum Gasteiger partial charge on any atom is -0.364 e. The highest BCUT2D eigenvalue weighted by molar-refractivity contribution is 8.02. The molecule has 56 valence electrons. The maximum Gasteiger partial charge on any atom is 0.306 e. The molecule has 9 heavy (non-hydrogen) atoms. The van der Waals surface area contributed by atoms with Gasteiger partial charge in [-0.1, -0.05) is 0 Å². The van der Waals surface area contributed by atoms with Crippen LogP contribution >= 0.6 is 12.6 Å². The van der Waals surface area contributed by atoms with E-state index in [9.17, 15) is 8.42 Å². The highest BCUT2D eigenvalue weighted by Crippen LogP contribution is 2.14. The third-order valence-corrected chi connectivity index (χ3v) is 2.55. The van der Waals surface area contributed by atoms with Crippen molar-refractivity contribution >= 4 is 22.7 Å². The monoisotopic (exact) mass is 173 g/mol. The molecule has 0 rings (SSSR count). The zero-order chi connectivity index (χ0) is 7.71. The van der Waals surface area contributed by atoms with Crippen LogP contribution in [0.25, 0.3) is 0 Å². The van der Waals surface area contributed by atoms with Crippen molar-refractivity contribution in [3.63, 3.8) is 0 Å². The maximum absolute atomic E-state index is 10.0. The Labute approximate surface area is 58.0 Å². The average molecular weight is 173 g/mol. The van der Waals surface area contributed by atoms with Crippen LogP contribution in [0.1, 0.15) is 0 Å². The second-order valence-corrected chi connectivity index (χ2v) is 4.09. The molecule has 0 spiro atoms. The Bertz CT molecular complexity index is 183. The standard InChI is InChI=1S/C2H7NO4S2/c3-1-2(4,8)9(5,6)7/h4,8H,1,3H2,(H,5,6,7). The molecule has 0 aromatic rings. The van der Waals surface area contributed by atoms with Gasteiger partial charge >= 0.3 is 10.1 Å². The van der Waals surface area contributed by atoms with Gasteiger partial charge in [-0.2, -0.15) is 8.42 Å². The van der Waals surface area contributed by atoms with Crippen LogP contribution in [0.3, 0.4) is 0 Å². The molecular formula is C2H7NO4S2. The van der Waals surface area contributed by atoms with E-state index in [0.717, 1.165) is 0 Å². The lowest BCUT2D eigenvalue weighted by Gasteiger charge is -2.14. The highest BCUT2D eigenvalue weighted by Gasteiger charge is 2.34. The van der Waals surface area contributed by atoms with Crippen LogP contribution in [-0.2, 0) is 10.1 Å². The summed E-state index contributed by atoms with van der Waals surface area (Å²) in [5, 5.41) is 8.56. The topological polar surface area (TPSA) is 101 Å². The van der Waals surface area contributed by atoms with E-state index >= 15 is 0 Å². The Morgan fingerprint density at radius 1 is 1.67 bits per heavy atom. The molecule has 0 amide bonds. The molecule has 0 aromatic carbocycles. The van der Waals surface area contributed by atoms with Gasteiger partial charge in [0.25, 0.3) is 0 Å². The first-order valence-corrected chi connectivity index (χ1v) is 3.82. The summed E-state index contributed by atoms with van der Waals surface area (Å²) >= 11 is 3.16. The highest BCUT2D eigenvalue weighted by atomic mass is 32.3. The Hall–Kier alpha value is 0.180. The largest absolute Gasteiger partial charge is 0.364 e. The minimum absolute atomic E-state index is 0.658. The number of thiol groups is 1. The van der Waals surface area contributed by atoms with Crippen LogP contribution < -0.4 is 5.73 Å². The molecule has 0 heterocycles. The van der Waals surface area contributed by atoms with E-state index in [2.05, 4.69) is 12.6 Å². The summed E-state index contributed by atoms with van der Waals surface area (Å²) in [6, 6.07) is 0. The van der Waals surface area contributed by atoms with Gasteiger partial charge in [-0.15, -0.1) is 12.6 Å². The fourth-order valence-corrected chi connectivity index (χ4v) is 0.316. The predicted octanol–water partition coefficient (Wildman–Crippen LogP) is -1.59. The molecule has 0 fully saturated rings. The van der Waals surface area contributed by atoms with E-state index in [1.165, 1.54) is 0 Å². The second kappa shape index (κ2) is 2.43. The molecule has 0 bridgehead atoms. The lowest BCUT2D eigenvalue weighted by atomic mass is 10.7. The minimum atomic E-state index is -4.56. The fraction of sp³-hybridized carbons (Fsp3) is 1.00. The number of hydrogen-bond acceptors (Lipinski definition) is 5. The lowest BCUT2D eigenvalue weighted by Crippen LogP contribution is -2.39. The quantitative estimate of drug-likeness (QED) is 0.229. The molecule has 0 aliphatic rings. The third-order valence-electron chi connectivity index (χ3n) is 0.679. The summed E-state index contributed by atoms with van der Waals surface area (Å²) < 4.78 is 25.7. The molecule has 0 aliphatic carbocycles. The van der Waals surface area contributed by atoms with Crippen molar-refractivity contribution in [1.82, 2.24) is 0 Å². The van der Waals surface area contributed by atoms with Crippen LogP contribution in [0.4, 0.5) is 0 Å². The average Bonchev–Trinajstić information content (AvgIpc) is 1.64. The molecule has 1 unspecified atom stereocenters. The summed E-state index contributed by atoms with van der Waals surface area (Å²) in [5.74, 6) is 0. The van der Waals surface area contributed by atoms with Crippen molar-refractivity contribution < 1.29 is 18.1 Å². The van der Waals surface area contributed by atoms with Gasteiger partial charge in [-0.05, 0) is 0 Å². The predicted molar refractivity (Wildman–Crippen MR) is 34.5 cm³/mol. The van der Waals surface area contributed by atoms with E-state index in [4.69, 9.17) is 15.4 Å². The molecular weight excluding hydrogens is 166 g/mol. The molecule has 5 nitrogen and oxygen atoms in total. The van der Waals surface area contributed by atoms with Gasteiger partial charge in [-0.3, -0.25) is 4.55 Å². The van der Waals surface area contributed by atoms with Crippen molar-refractivity contribution in [3.05, 3.63) is 0 Å². The number of hydrogen-bond donors (Lipinski definition) is 4. The van der Waals surface area contributed by atoms with Gasteiger partial charge in [0.05, 0.1) is 0 Å². The van der Waals surface area contributed by atoms with Crippen LogP contribution in [0.15, 0.2) is 0 Å². The van der Waals surface area contributed by atoms with Gasteiger partial charge in [0, 0.05) is 6.54 Å². The van der Waals surface area contributed by atoms with Crippen LogP contribution in [-0.4, -0.2) is 28.9 Å². The van der Waals surface area contributed by atoms with E-state index in [-0.39, 0.29) is 0 Å². The van der Waals surface area contributed by atoms with E-state index < -0.39 is 20.9 Å². The van der Waals surface area contributed by atoms with Crippen molar-refractivity contribution in [1.29, 1.82) is 0 Å². The normalized spacial score (nSPS) is 19.1. The summed E-state index contributed by atoms with van der Waals surface area (Å²) in [6.45, 7) is -0.658. The van der Waals surface area contributed by atoms with E-state index in [1.54, 1.807) is 0 Å². The first-order valence-electron chi connectivity index (χ1n) is 1.93. The molecule has 7 heteroatoms. The number of aliphatic hydroxyl groups is 1. The maximum atomic E-state index is 10.0. The molecule has 0 radical (unpaired) electrons. The van der Waals surface area contributed by atoms with Crippen molar-refractivity contribution in [3.8, 4) is 0 Å². The fourth-order valence-electron chi connectivity index (χ4n) is 0.105. The molecule has 0 saturated heterocycles. The summed E-state index contributed by atoms with van der Waals surface area (Å²) in [7, 11) is -4.56. The van der Waals surface area contributed by atoms with Crippen molar-refractivity contribution in [2.45, 2.75) is 4.27 Å². The number of nitrogens with two attached hydrogens (primary N) is 1. The van der Waals surface area contributed by atoms with Gasteiger partial charge in [0.1, 0.15) is 0 Å². The molecule has 0 aromatic heterocycles. The zero-order valence-corrected chi connectivity index (χ0v) is 6.06. The Kier molecular flexibility index (Phi) is 2.48.